The average Bonchev–Trinajstić information content (AvgIpc) is 2.79. The molecule has 0 aliphatic heterocycles. The van der Waals surface area contributed by atoms with E-state index in [0.29, 0.717) is 18.7 Å². The van der Waals surface area contributed by atoms with Crippen molar-refractivity contribution in [3.05, 3.63) is 47.4 Å². The number of nitrogens with zero attached hydrogens (tertiary/aromatic N) is 1. The van der Waals surface area contributed by atoms with Gasteiger partial charge in [0.15, 0.2) is 0 Å². The van der Waals surface area contributed by atoms with Crippen molar-refractivity contribution in [2.24, 2.45) is 5.73 Å². The highest BCUT2D eigenvalue weighted by atomic mass is 35.5. The number of carboxylic acid groups (broad SMARTS) is 2. The van der Waals surface area contributed by atoms with Gasteiger partial charge in [-0.25, -0.2) is 14.0 Å². The van der Waals surface area contributed by atoms with E-state index < -0.39 is 11.9 Å². The van der Waals surface area contributed by atoms with Crippen LogP contribution in [-0.2, 0) is 16.1 Å². The summed E-state index contributed by atoms with van der Waals surface area (Å²) < 4.78 is 15.1. The zero-order valence-electron chi connectivity index (χ0n) is 12.2. The highest BCUT2D eigenvalue weighted by molar-refractivity contribution is 6.31. The molecule has 0 unspecified atom stereocenters. The molecule has 2 rings (SSSR count). The summed E-state index contributed by atoms with van der Waals surface area (Å²) in [6.45, 7) is 2.63. The van der Waals surface area contributed by atoms with Crippen molar-refractivity contribution < 1.29 is 24.2 Å². The Kier molecular flexibility index (Phi) is 6.74. The van der Waals surface area contributed by atoms with E-state index in [1.165, 1.54) is 6.07 Å². The highest BCUT2D eigenvalue weighted by Crippen LogP contribution is 2.23. The number of nitrogens with two attached hydrogens (primary N) is 1. The Bertz CT molecular complexity index is 724. The average molecular weight is 343 g/mol. The Hall–Kier alpha value is -2.38. The number of rotatable bonds is 4. The topological polar surface area (TPSA) is 106 Å². The van der Waals surface area contributed by atoms with Crippen molar-refractivity contribution in [1.29, 1.82) is 0 Å². The molecule has 0 fully saturated rings. The number of hydrogen-bond donors (Lipinski definition) is 3. The molecular weight excluding hydrogens is 327 g/mol. The minimum absolute atomic E-state index is 0.0597. The fraction of sp³-hybridized carbons (Fsp3) is 0.200. The van der Waals surface area contributed by atoms with Crippen molar-refractivity contribution in [1.82, 2.24) is 4.57 Å². The lowest BCUT2D eigenvalue weighted by Crippen LogP contribution is -2.21. The smallest absolute Gasteiger partial charge is 0.328 e. The maximum Gasteiger partial charge on any atom is 0.328 e. The molecule has 1 aromatic heterocycles. The van der Waals surface area contributed by atoms with Crippen molar-refractivity contribution in [3.8, 4) is 0 Å². The second-order valence-electron chi connectivity index (χ2n) is 4.78. The summed E-state index contributed by atoms with van der Waals surface area (Å²) in [5.41, 5.74) is 6.63. The van der Waals surface area contributed by atoms with Crippen LogP contribution in [0.2, 0.25) is 5.02 Å². The maximum atomic E-state index is 13.2. The van der Waals surface area contributed by atoms with Gasteiger partial charge >= 0.3 is 11.9 Å². The molecule has 0 bridgehead atoms. The van der Waals surface area contributed by atoms with Gasteiger partial charge in [0.05, 0.1) is 5.02 Å². The standard InChI is InChI=1S/C11H12ClFN2.C4H4O4/c1-7(14)6-15-3-2-8-4-10(13)9(12)5-11(8)15;5-3(6)1-2-4(7)8/h2-5,7H,6,14H2,1H3;1-2H,(H,5,6)(H,7,8)/b;2-1+/t7-;/m0./s1. The van der Waals surface area contributed by atoms with Gasteiger partial charge in [-0.15, -0.1) is 0 Å². The number of halogens is 2. The van der Waals surface area contributed by atoms with E-state index in [9.17, 15) is 14.0 Å². The lowest BCUT2D eigenvalue weighted by molar-refractivity contribution is -0.134. The Labute approximate surface area is 136 Å². The Morgan fingerprint density at radius 1 is 1.35 bits per heavy atom. The van der Waals surface area contributed by atoms with Gasteiger partial charge < -0.3 is 20.5 Å². The molecule has 1 aromatic carbocycles. The van der Waals surface area contributed by atoms with Crippen LogP contribution < -0.4 is 5.73 Å². The Balaban J connectivity index is 0.000000284. The van der Waals surface area contributed by atoms with Crippen molar-refractivity contribution in [2.45, 2.75) is 19.5 Å². The van der Waals surface area contributed by atoms with E-state index in [1.54, 1.807) is 6.07 Å². The van der Waals surface area contributed by atoms with E-state index in [1.807, 2.05) is 23.8 Å². The largest absolute Gasteiger partial charge is 0.478 e. The van der Waals surface area contributed by atoms with Crippen molar-refractivity contribution in [3.63, 3.8) is 0 Å². The molecule has 1 heterocycles. The molecule has 0 saturated carbocycles. The van der Waals surface area contributed by atoms with Crippen LogP contribution in [0.15, 0.2) is 36.5 Å². The van der Waals surface area contributed by atoms with Crippen LogP contribution in [-0.4, -0.2) is 32.8 Å². The molecule has 0 aliphatic carbocycles. The minimum Gasteiger partial charge on any atom is -0.478 e. The lowest BCUT2D eigenvalue weighted by Gasteiger charge is -2.08. The molecule has 23 heavy (non-hydrogen) atoms. The first-order chi connectivity index (χ1) is 10.7. The van der Waals surface area contributed by atoms with Crippen LogP contribution in [0.3, 0.4) is 0 Å². The van der Waals surface area contributed by atoms with Gasteiger partial charge in [-0.3, -0.25) is 0 Å². The molecule has 2 aromatic rings. The van der Waals surface area contributed by atoms with Gasteiger partial charge in [-0.05, 0) is 25.1 Å². The normalized spacial score (nSPS) is 12.0. The van der Waals surface area contributed by atoms with Gasteiger partial charge in [0.25, 0.3) is 0 Å². The van der Waals surface area contributed by atoms with E-state index in [-0.39, 0.29) is 16.9 Å². The predicted molar refractivity (Wildman–Crippen MR) is 85.0 cm³/mol. The third kappa shape index (κ3) is 6.09. The van der Waals surface area contributed by atoms with Crippen molar-refractivity contribution in [2.75, 3.05) is 0 Å². The van der Waals surface area contributed by atoms with Crippen LogP contribution in [0.1, 0.15) is 6.92 Å². The van der Waals surface area contributed by atoms with Crippen LogP contribution in [0, 0.1) is 5.82 Å². The van der Waals surface area contributed by atoms with E-state index in [0.717, 1.165) is 10.9 Å². The van der Waals surface area contributed by atoms with Gasteiger partial charge in [-0.1, -0.05) is 11.6 Å². The number of aliphatic carboxylic acids is 2. The summed E-state index contributed by atoms with van der Waals surface area (Å²) >= 11 is 5.73. The van der Waals surface area contributed by atoms with Crippen LogP contribution in [0.4, 0.5) is 4.39 Å². The molecule has 8 heteroatoms. The second-order valence-corrected chi connectivity index (χ2v) is 5.19. The number of carbonyl (C=O) groups is 2. The minimum atomic E-state index is -1.26. The molecule has 1 atom stereocenters. The number of benzene rings is 1. The SMILES string of the molecule is C[C@H](N)Cn1ccc2cc(F)c(Cl)cc21.O=C(O)/C=C/C(=O)O. The predicted octanol–water partition coefficient (Wildman–Crippen LogP) is 2.49. The summed E-state index contributed by atoms with van der Waals surface area (Å²) in [6.07, 6.45) is 3.01. The summed E-state index contributed by atoms with van der Waals surface area (Å²) in [7, 11) is 0. The maximum absolute atomic E-state index is 13.2. The van der Waals surface area contributed by atoms with E-state index >= 15 is 0 Å². The number of carboxylic acids is 2. The zero-order valence-corrected chi connectivity index (χ0v) is 13.0. The van der Waals surface area contributed by atoms with Gasteiger partial charge in [-0.2, -0.15) is 0 Å². The van der Waals surface area contributed by atoms with Gasteiger partial charge in [0.1, 0.15) is 5.82 Å². The monoisotopic (exact) mass is 342 g/mol. The summed E-state index contributed by atoms with van der Waals surface area (Å²) in [5, 5.41) is 16.6. The first-order valence-electron chi connectivity index (χ1n) is 6.54. The first-order valence-corrected chi connectivity index (χ1v) is 6.92. The molecule has 0 radical (unpaired) electrons. The molecule has 0 aliphatic rings. The van der Waals surface area contributed by atoms with Crippen LogP contribution in [0.5, 0.6) is 0 Å². The highest BCUT2D eigenvalue weighted by Gasteiger charge is 2.07. The number of fused-ring (bicyclic) bond motifs is 1. The molecule has 0 saturated heterocycles. The Morgan fingerprint density at radius 3 is 2.39 bits per heavy atom. The van der Waals surface area contributed by atoms with Crippen LogP contribution >= 0.6 is 11.6 Å². The zero-order chi connectivity index (χ0) is 17.6. The summed E-state index contributed by atoms with van der Waals surface area (Å²) in [6, 6.07) is 4.99. The third-order valence-electron chi connectivity index (χ3n) is 2.67. The van der Waals surface area contributed by atoms with Gasteiger partial charge in [0, 0.05) is 41.8 Å². The summed E-state index contributed by atoms with van der Waals surface area (Å²) in [4.78, 5) is 19.1. The third-order valence-corrected chi connectivity index (χ3v) is 2.96. The van der Waals surface area contributed by atoms with E-state index in [2.05, 4.69) is 0 Å². The molecule has 124 valence electrons. The quantitative estimate of drug-likeness (QED) is 0.740. The Morgan fingerprint density at radius 2 is 1.91 bits per heavy atom. The lowest BCUT2D eigenvalue weighted by atomic mass is 10.2. The molecule has 4 N–H and O–H groups in total. The van der Waals surface area contributed by atoms with E-state index in [4.69, 9.17) is 27.5 Å². The van der Waals surface area contributed by atoms with Crippen molar-refractivity contribution >= 4 is 34.4 Å². The molecule has 0 amide bonds. The molecule has 6 nitrogen and oxygen atoms in total. The number of aromatic nitrogens is 1. The first kappa shape index (κ1) is 18.7. The fourth-order valence-corrected chi connectivity index (χ4v) is 1.95. The second kappa shape index (κ2) is 8.30. The van der Waals surface area contributed by atoms with Gasteiger partial charge in [0.2, 0.25) is 0 Å². The fourth-order valence-electron chi connectivity index (χ4n) is 1.80. The molecule has 0 spiro atoms. The summed E-state index contributed by atoms with van der Waals surface area (Å²) in [5.74, 6) is -2.90. The molecular formula is C15H16ClFN2O4. The number of hydrogen-bond acceptors (Lipinski definition) is 3. The van der Waals surface area contributed by atoms with Crippen LogP contribution in [0.25, 0.3) is 10.9 Å².